The van der Waals surface area contributed by atoms with Crippen LogP contribution in [0.4, 0.5) is 0 Å². The van der Waals surface area contributed by atoms with Gasteiger partial charge in [-0.3, -0.25) is 14.4 Å². The topological polar surface area (TPSA) is 119 Å². The maximum Gasteiger partial charge on any atom is 0.257 e. The lowest BCUT2D eigenvalue weighted by Gasteiger charge is -2.22. The Balaban J connectivity index is 1.52. The van der Waals surface area contributed by atoms with E-state index in [9.17, 15) is 19.5 Å². The van der Waals surface area contributed by atoms with Crippen LogP contribution in [0.15, 0.2) is 47.4 Å². The number of fused-ring (bicyclic) bond motifs is 2. The number of hydrogen-bond acceptors (Lipinski definition) is 6. The van der Waals surface area contributed by atoms with Gasteiger partial charge in [-0.25, -0.2) is 0 Å². The van der Waals surface area contributed by atoms with Crippen molar-refractivity contribution in [3.63, 3.8) is 0 Å². The van der Waals surface area contributed by atoms with Gasteiger partial charge < -0.3 is 29.8 Å². The first-order valence-corrected chi connectivity index (χ1v) is 11.6. The van der Waals surface area contributed by atoms with Gasteiger partial charge in [-0.05, 0) is 43.0 Å². The number of ether oxygens (including phenoxy) is 2. The van der Waals surface area contributed by atoms with Gasteiger partial charge in [-0.1, -0.05) is 26.0 Å². The Bertz CT molecular complexity index is 1310. The molecule has 0 radical (unpaired) electrons. The molecule has 0 bridgehead atoms. The molecule has 2 aromatic carbocycles. The number of aryl methyl sites for hydroxylation is 1. The van der Waals surface area contributed by atoms with Gasteiger partial charge in [0.15, 0.2) is 11.5 Å². The molecule has 35 heavy (non-hydrogen) atoms. The van der Waals surface area contributed by atoms with E-state index in [1.54, 1.807) is 41.0 Å². The predicted molar refractivity (Wildman–Crippen MR) is 131 cm³/mol. The number of phenolic OH excluding ortho intramolecular Hbond substituents is 1. The zero-order valence-corrected chi connectivity index (χ0v) is 20.0. The molecule has 1 aliphatic heterocycles. The highest BCUT2D eigenvalue weighted by molar-refractivity contribution is 6.00. The lowest BCUT2D eigenvalue weighted by molar-refractivity contribution is -0.123. The molecule has 1 aliphatic rings. The molecule has 0 unspecified atom stereocenters. The second-order valence-electron chi connectivity index (χ2n) is 8.78. The number of aromatic nitrogens is 1. The van der Waals surface area contributed by atoms with Crippen LogP contribution in [0.25, 0.3) is 10.9 Å². The number of rotatable bonds is 8. The molecule has 9 heteroatoms. The normalized spacial score (nSPS) is 13.1. The lowest BCUT2D eigenvalue weighted by Crippen LogP contribution is -2.50. The first-order valence-electron chi connectivity index (χ1n) is 11.6. The van der Waals surface area contributed by atoms with Gasteiger partial charge in [-0.2, -0.15) is 0 Å². The van der Waals surface area contributed by atoms with Gasteiger partial charge in [0.2, 0.25) is 18.1 Å². The molecule has 3 N–H and O–H groups in total. The summed E-state index contributed by atoms with van der Waals surface area (Å²) in [6.07, 6.45) is 2.09. The summed E-state index contributed by atoms with van der Waals surface area (Å²) < 4.78 is 12.6. The number of nitrogens with zero attached hydrogens (tertiary/aromatic N) is 1. The largest absolute Gasteiger partial charge is 0.508 e. The Morgan fingerprint density at radius 1 is 1.11 bits per heavy atom. The van der Waals surface area contributed by atoms with E-state index in [0.29, 0.717) is 41.9 Å². The Morgan fingerprint density at radius 2 is 1.80 bits per heavy atom. The number of hydrogen-bond donors (Lipinski definition) is 3. The summed E-state index contributed by atoms with van der Waals surface area (Å²) in [5.41, 5.74) is 1.13. The third-order valence-electron chi connectivity index (χ3n) is 6.04. The van der Waals surface area contributed by atoms with Crippen molar-refractivity contribution in [3.8, 4) is 17.2 Å². The molecule has 0 spiro atoms. The minimum atomic E-state index is -0.816. The van der Waals surface area contributed by atoms with Crippen LogP contribution < -0.4 is 25.5 Å². The van der Waals surface area contributed by atoms with Crippen LogP contribution >= 0.6 is 0 Å². The van der Waals surface area contributed by atoms with Crippen LogP contribution in [-0.4, -0.2) is 40.9 Å². The standard InChI is InChI=1S/C26H29N3O6/c1-4-29-13-19(24(31)18-11-21-22(12-20(18)29)35-14-34-21)25(32)28-23(15(2)3)26(33)27-10-9-16-5-7-17(30)8-6-16/h5-8,11-13,15,23,30H,4,9-10,14H2,1-3H3,(H,27,33)(H,28,32)/t23-/m0/s1. The van der Waals surface area contributed by atoms with Gasteiger partial charge in [0, 0.05) is 25.4 Å². The minimum Gasteiger partial charge on any atom is -0.508 e. The van der Waals surface area contributed by atoms with E-state index in [1.807, 2.05) is 20.8 Å². The Labute approximate surface area is 202 Å². The molecule has 184 valence electrons. The fraction of sp³-hybridized carbons (Fsp3) is 0.346. The van der Waals surface area contributed by atoms with Crippen molar-refractivity contribution in [3.05, 3.63) is 63.9 Å². The van der Waals surface area contributed by atoms with Crippen molar-refractivity contribution >= 4 is 22.7 Å². The van der Waals surface area contributed by atoms with Crippen molar-refractivity contribution in [2.45, 2.75) is 39.8 Å². The second kappa shape index (κ2) is 10.1. The van der Waals surface area contributed by atoms with Crippen LogP contribution in [0.3, 0.4) is 0 Å². The highest BCUT2D eigenvalue weighted by Crippen LogP contribution is 2.35. The number of nitrogens with one attached hydrogen (secondary N) is 2. The van der Waals surface area contributed by atoms with Gasteiger partial charge in [0.05, 0.1) is 10.9 Å². The molecule has 0 saturated carbocycles. The summed E-state index contributed by atoms with van der Waals surface area (Å²) in [5, 5.41) is 15.3. The summed E-state index contributed by atoms with van der Waals surface area (Å²) in [7, 11) is 0. The number of carbonyl (C=O) groups is 2. The molecule has 1 atom stereocenters. The SMILES string of the molecule is CCn1cc(C(=O)N[C@H](C(=O)NCCc2ccc(O)cc2)C(C)C)c(=O)c2cc3c(cc21)OCO3. The van der Waals surface area contributed by atoms with Gasteiger partial charge >= 0.3 is 0 Å². The third kappa shape index (κ3) is 5.08. The molecule has 4 rings (SSSR count). The summed E-state index contributed by atoms with van der Waals surface area (Å²) in [6.45, 7) is 6.55. The van der Waals surface area contributed by atoms with Crippen molar-refractivity contribution in [2.75, 3.05) is 13.3 Å². The van der Waals surface area contributed by atoms with Crippen LogP contribution in [-0.2, 0) is 17.8 Å². The van der Waals surface area contributed by atoms with E-state index in [2.05, 4.69) is 10.6 Å². The van der Waals surface area contributed by atoms with Crippen molar-refractivity contribution in [1.29, 1.82) is 0 Å². The van der Waals surface area contributed by atoms with E-state index in [-0.39, 0.29) is 29.9 Å². The van der Waals surface area contributed by atoms with Crippen LogP contribution in [0.1, 0.15) is 36.7 Å². The number of aromatic hydroxyl groups is 1. The first-order chi connectivity index (χ1) is 16.8. The Hall–Kier alpha value is -4.01. The monoisotopic (exact) mass is 479 g/mol. The highest BCUT2D eigenvalue weighted by atomic mass is 16.7. The number of benzene rings is 2. The van der Waals surface area contributed by atoms with E-state index in [4.69, 9.17) is 9.47 Å². The fourth-order valence-electron chi connectivity index (χ4n) is 4.06. The van der Waals surface area contributed by atoms with Crippen LogP contribution in [0.5, 0.6) is 17.2 Å². The summed E-state index contributed by atoms with van der Waals surface area (Å²) >= 11 is 0. The molecule has 1 aromatic heterocycles. The van der Waals surface area contributed by atoms with Gasteiger partial charge in [-0.15, -0.1) is 0 Å². The van der Waals surface area contributed by atoms with E-state index in [1.165, 1.54) is 6.20 Å². The molecule has 2 amide bonds. The summed E-state index contributed by atoms with van der Waals surface area (Å²) in [4.78, 5) is 39.3. The molecule has 0 saturated heterocycles. The number of carbonyl (C=O) groups excluding carboxylic acids is 2. The van der Waals surface area contributed by atoms with Gasteiger partial charge in [0.25, 0.3) is 5.91 Å². The molecular weight excluding hydrogens is 450 g/mol. The number of phenols is 1. The molecule has 0 fully saturated rings. The summed E-state index contributed by atoms with van der Waals surface area (Å²) in [5.74, 6) is 0.0658. The van der Waals surface area contributed by atoms with Crippen molar-refractivity contribution < 1.29 is 24.2 Å². The van der Waals surface area contributed by atoms with Crippen molar-refractivity contribution in [2.24, 2.45) is 5.92 Å². The zero-order chi connectivity index (χ0) is 25.1. The van der Waals surface area contributed by atoms with Crippen LogP contribution in [0, 0.1) is 5.92 Å². The zero-order valence-electron chi connectivity index (χ0n) is 20.0. The molecule has 2 heterocycles. The predicted octanol–water partition coefficient (Wildman–Crippen LogP) is 2.57. The number of amides is 2. The number of pyridine rings is 1. The molecule has 3 aromatic rings. The maximum atomic E-state index is 13.2. The average molecular weight is 480 g/mol. The third-order valence-corrected chi connectivity index (χ3v) is 6.04. The Kier molecular flexibility index (Phi) is 6.95. The minimum absolute atomic E-state index is 0.0410. The highest BCUT2D eigenvalue weighted by Gasteiger charge is 2.27. The smallest absolute Gasteiger partial charge is 0.257 e. The lowest BCUT2D eigenvalue weighted by atomic mass is 10.0. The average Bonchev–Trinajstić information content (AvgIpc) is 3.30. The second-order valence-corrected chi connectivity index (χ2v) is 8.78. The maximum absolute atomic E-state index is 13.2. The van der Waals surface area contributed by atoms with E-state index < -0.39 is 17.4 Å². The quantitative estimate of drug-likeness (QED) is 0.457. The fourth-order valence-corrected chi connectivity index (χ4v) is 4.06. The molecule has 0 aliphatic carbocycles. The van der Waals surface area contributed by atoms with Gasteiger partial charge in [0.1, 0.15) is 17.4 Å². The van der Waals surface area contributed by atoms with Crippen molar-refractivity contribution in [1.82, 2.24) is 15.2 Å². The van der Waals surface area contributed by atoms with Crippen LogP contribution in [0.2, 0.25) is 0 Å². The van der Waals surface area contributed by atoms with E-state index in [0.717, 1.165) is 5.56 Å². The molecule has 9 nitrogen and oxygen atoms in total. The summed E-state index contributed by atoms with van der Waals surface area (Å²) in [6, 6.07) is 9.27. The molecular formula is C26H29N3O6. The Morgan fingerprint density at radius 3 is 2.46 bits per heavy atom. The first kappa shape index (κ1) is 24.1. The van der Waals surface area contributed by atoms with E-state index >= 15 is 0 Å².